The van der Waals surface area contributed by atoms with E-state index < -0.39 is 29.2 Å². The number of ether oxygens (including phenoxy) is 2. The molecule has 0 saturated carbocycles. The second-order valence-electron chi connectivity index (χ2n) is 8.91. The molecule has 3 N–H and O–H groups in total. The van der Waals surface area contributed by atoms with Gasteiger partial charge >= 0.3 is 18.2 Å². The summed E-state index contributed by atoms with van der Waals surface area (Å²) >= 11 is 0. The molecule has 0 unspecified atom stereocenters. The first kappa shape index (κ1) is 30.9. The molecular formula is C26H35N3O8. The van der Waals surface area contributed by atoms with E-state index in [2.05, 4.69) is 10.6 Å². The summed E-state index contributed by atoms with van der Waals surface area (Å²) in [6.45, 7) is 6.20. The minimum atomic E-state index is -1.34. The van der Waals surface area contributed by atoms with Gasteiger partial charge in [-0.1, -0.05) is 60.7 Å². The highest BCUT2D eigenvalue weighted by Crippen LogP contribution is 2.09. The van der Waals surface area contributed by atoms with Gasteiger partial charge in [-0.2, -0.15) is 0 Å². The SMILES string of the molecule is CC(C)(NC(=O)OCc1ccccc1)C(=O)O.CON(C)C(=O)C(C)(C)NC(=O)OCc1ccccc1. The van der Waals surface area contributed by atoms with Gasteiger partial charge in [0.2, 0.25) is 0 Å². The Morgan fingerprint density at radius 1 is 0.757 bits per heavy atom. The molecule has 0 saturated heterocycles. The number of likely N-dealkylation sites (N-methyl/N-ethyl adjacent to an activating group) is 1. The summed E-state index contributed by atoms with van der Waals surface area (Å²) in [5.74, 6) is -1.49. The number of benzene rings is 2. The number of carbonyl (C=O) groups is 4. The van der Waals surface area contributed by atoms with Crippen molar-refractivity contribution in [3.63, 3.8) is 0 Å². The summed E-state index contributed by atoms with van der Waals surface area (Å²) in [6.07, 6.45) is -1.40. The summed E-state index contributed by atoms with van der Waals surface area (Å²) < 4.78 is 9.97. The molecule has 0 aliphatic heterocycles. The molecule has 202 valence electrons. The number of hydrogen-bond acceptors (Lipinski definition) is 7. The van der Waals surface area contributed by atoms with E-state index in [1.807, 2.05) is 60.7 Å². The number of carbonyl (C=O) groups excluding carboxylic acids is 3. The van der Waals surface area contributed by atoms with Crippen molar-refractivity contribution >= 4 is 24.1 Å². The Kier molecular flexibility index (Phi) is 12.1. The Hall–Kier alpha value is -4.12. The number of carboxylic acids is 1. The molecule has 0 aliphatic carbocycles. The lowest BCUT2D eigenvalue weighted by atomic mass is 10.1. The van der Waals surface area contributed by atoms with Crippen LogP contribution in [0.1, 0.15) is 38.8 Å². The number of hydroxylamine groups is 2. The van der Waals surface area contributed by atoms with Crippen LogP contribution in [0.25, 0.3) is 0 Å². The number of nitrogens with zero attached hydrogens (tertiary/aromatic N) is 1. The van der Waals surface area contributed by atoms with Crippen molar-refractivity contribution in [3.05, 3.63) is 71.8 Å². The number of alkyl carbamates (subject to hydrolysis) is 2. The fourth-order valence-electron chi connectivity index (χ4n) is 2.61. The second-order valence-corrected chi connectivity index (χ2v) is 8.91. The van der Waals surface area contributed by atoms with Gasteiger partial charge in [0, 0.05) is 7.05 Å². The van der Waals surface area contributed by atoms with Gasteiger partial charge < -0.3 is 25.2 Å². The third-order valence-corrected chi connectivity index (χ3v) is 4.88. The highest BCUT2D eigenvalue weighted by atomic mass is 16.7. The molecule has 2 rings (SSSR count). The molecule has 37 heavy (non-hydrogen) atoms. The van der Waals surface area contributed by atoms with Gasteiger partial charge in [0.05, 0.1) is 7.11 Å². The van der Waals surface area contributed by atoms with Gasteiger partial charge in [0.25, 0.3) is 5.91 Å². The minimum absolute atomic E-state index is 0.113. The van der Waals surface area contributed by atoms with Crippen LogP contribution < -0.4 is 10.6 Å². The first-order chi connectivity index (χ1) is 17.3. The average Bonchev–Trinajstić information content (AvgIpc) is 2.86. The number of aliphatic carboxylic acids is 1. The Balaban J connectivity index is 0.000000375. The fourth-order valence-corrected chi connectivity index (χ4v) is 2.61. The minimum Gasteiger partial charge on any atom is -0.480 e. The Bertz CT molecular complexity index is 1030. The highest BCUT2D eigenvalue weighted by Gasteiger charge is 2.33. The van der Waals surface area contributed by atoms with Crippen LogP contribution in [-0.4, -0.2) is 59.5 Å². The average molecular weight is 518 g/mol. The smallest absolute Gasteiger partial charge is 0.408 e. The van der Waals surface area contributed by atoms with Crippen LogP contribution >= 0.6 is 0 Å². The molecule has 0 atom stereocenters. The van der Waals surface area contributed by atoms with E-state index in [0.29, 0.717) is 0 Å². The van der Waals surface area contributed by atoms with Crippen molar-refractivity contribution in [2.24, 2.45) is 0 Å². The molecule has 0 bridgehead atoms. The van der Waals surface area contributed by atoms with Gasteiger partial charge in [0.1, 0.15) is 24.3 Å². The number of hydrogen-bond donors (Lipinski definition) is 3. The third-order valence-electron chi connectivity index (χ3n) is 4.88. The molecule has 0 spiro atoms. The molecule has 3 amide bonds. The maximum Gasteiger partial charge on any atom is 0.408 e. The lowest BCUT2D eigenvalue weighted by molar-refractivity contribution is -0.174. The summed E-state index contributed by atoms with van der Waals surface area (Å²) in [5, 5.41) is 14.6. The predicted molar refractivity (Wildman–Crippen MR) is 135 cm³/mol. The molecule has 0 aromatic heterocycles. The molecule has 2 aromatic carbocycles. The Morgan fingerprint density at radius 3 is 1.49 bits per heavy atom. The molecule has 11 heteroatoms. The number of rotatable bonds is 9. The number of amides is 3. The van der Waals surface area contributed by atoms with Crippen LogP contribution in [0, 0.1) is 0 Å². The van der Waals surface area contributed by atoms with Crippen LogP contribution in [0.2, 0.25) is 0 Å². The topological polar surface area (TPSA) is 143 Å². The summed E-state index contributed by atoms with van der Waals surface area (Å²) in [7, 11) is 2.85. The van der Waals surface area contributed by atoms with Gasteiger partial charge in [-0.25, -0.2) is 19.4 Å². The zero-order valence-corrected chi connectivity index (χ0v) is 21.9. The van der Waals surface area contributed by atoms with Gasteiger partial charge in [-0.3, -0.25) is 9.63 Å². The lowest BCUT2D eigenvalue weighted by Crippen LogP contribution is -2.54. The summed E-state index contributed by atoms with van der Waals surface area (Å²) in [6, 6.07) is 18.4. The molecule has 11 nitrogen and oxygen atoms in total. The zero-order valence-electron chi connectivity index (χ0n) is 21.9. The van der Waals surface area contributed by atoms with E-state index in [-0.39, 0.29) is 19.1 Å². The fraction of sp³-hybridized carbons (Fsp3) is 0.385. The quantitative estimate of drug-likeness (QED) is 0.429. The maximum atomic E-state index is 11.9. The Labute approximate surface area is 216 Å². The van der Waals surface area contributed by atoms with Gasteiger partial charge in [-0.05, 0) is 38.8 Å². The molecule has 2 aromatic rings. The summed E-state index contributed by atoms with van der Waals surface area (Å²) in [4.78, 5) is 50.5. The first-order valence-corrected chi connectivity index (χ1v) is 11.3. The molecular weight excluding hydrogens is 482 g/mol. The van der Waals surface area contributed by atoms with E-state index in [9.17, 15) is 19.2 Å². The lowest BCUT2D eigenvalue weighted by Gasteiger charge is -2.28. The van der Waals surface area contributed by atoms with Crippen LogP contribution in [0.4, 0.5) is 9.59 Å². The van der Waals surface area contributed by atoms with Crippen LogP contribution in [0.5, 0.6) is 0 Å². The monoisotopic (exact) mass is 517 g/mol. The van der Waals surface area contributed by atoms with Crippen LogP contribution in [0.3, 0.4) is 0 Å². The molecule has 0 heterocycles. The van der Waals surface area contributed by atoms with Crippen molar-refractivity contribution in [2.45, 2.75) is 52.0 Å². The Morgan fingerprint density at radius 2 is 1.14 bits per heavy atom. The first-order valence-electron chi connectivity index (χ1n) is 11.3. The maximum absolute atomic E-state index is 11.9. The standard InChI is InChI=1S/C14H20N2O4.C12H15NO4/c1-14(2,12(17)16(3)19-4)15-13(18)20-10-11-8-6-5-7-9-11;1-12(2,10(14)15)13-11(16)17-8-9-6-4-3-5-7-9/h5-9H,10H2,1-4H3,(H,15,18);3-7H,8H2,1-2H3,(H,13,16)(H,14,15). The third kappa shape index (κ3) is 11.4. The van der Waals surface area contributed by atoms with Crippen molar-refractivity contribution in [3.8, 4) is 0 Å². The number of carboxylic acid groups (broad SMARTS) is 1. The largest absolute Gasteiger partial charge is 0.480 e. The predicted octanol–water partition coefficient (Wildman–Crippen LogP) is 3.49. The van der Waals surface area contributed by atoms with E-state index >= 15 is 0 Å². The summed E-state index contributed by atoms with van der Waals surface area (Å²) in [5.41, 5.74) is -0.733. The zero-order chi connectivity index (χ0) is 28.1. The molecule has 0 fully saturated rings. The molecule has 0 radical (unpaired) electrons. The van der Waals surface area contributed by atoms with Crippen molar-refractivity contribution in [1.29, 1.82) is 0 Å². The van der Waals surface area contributed by atoms with Gasteiger partial charge in [-0.15, -0.1) is 0 Å². The highest BCUT2D eigenvalue weighted by molar-refractivity contribution is 5.88. The van der Waals surface area contributed by atoms with E-state index in [4.69, 9.17) is 19.4 Å². The van der Waals surface area contributed by atoms with E-state index in [1.54, 1.807) is 13.8 Å². The van der Waals surface area contributed by atoms with Crippen molar-refractivity contribution in [1.82, 2.24) is 15.7 Å². The van der Waals surface area contributed by atoms with Gasteiger partial charge in [0.15, 0.2) is 0 Å². The van der Waals surface area contributed by atoms with Crippen molar-refractivity contribution < 1.29 is 38.6 Å². The normalized spacial score (nSPS) is 10.8. The van der Waals surface area contributed by atoms with Crippen molar-refractivity contribution in [2.75, 3.05) is 14.2 Å². The van der Waals surface area contributed by atoms with E-state index in [0.717, 1.165) is 16.2 Å². The van der Waals surface area contributed by atoms with Crippen LogP contribution in [0.15, 0.2) is 60.7 Å². The number of nitrogens with one attached hydrogen (secondary N) is 2. The van der Waals surface area contributed by atoms with E-state index in [1.165, 1.54) is 28.0 Å². The second kappa shape index (κ2) is 14.4. The molecule has 0 aliphatic rings. The van der Waals surface area contributed by atoms with Crippen LogP contribution in [-0.2, 0) is 37.1 Å².